The summed E-state index contributed by atoms with van der Waals surface area (Å²) in [4.78, 5) is 17.1. The fourth-order valence-electron chi connectivity index (χ4n) is 3.34. The molecule has 0 atom stereocenters. The van der Waals surface area contributed by atoms with E-state index in [1.165, 1.54) is 0 Å². The van der Waals surface area contributed by atoms with Gasteiger partial charge in [0, 0.05) is 28.7 Å². The highest BCUT2D eigenvalue weighted by Gasteiger charge is 2.16. The monoisotopic (exact) mass is 368 g/mol. The van der Waals surface area contributed by atoms with Gasteiger partial charge in [0.1, 0.15) is 11.2 Å². The summed E-state index contributed by atoms with van der Waals surface area (Å²) in [5.41, 5.74) is 3.45. The maximum atomic E-state index is 12.8. The van der Waals surface area contributed by atoms with Crippen molar-refractivity contribution in [1.29, 1.82) is 0 Å². The summed E-state index contributed by atoms with van der Waals surface area (Å²) in [7, 11) is 0. The van der Waals surface area contributed by atoms with Crippen LogP contribution in [0.3, 0.4) is 0 Å². The van der Waals surface area contributed by atoms with Gasteiger partial charge in [0.2, 0.25) is 0 Å². The van der Waals surface area contributed by atoms with E-state index in [1.807, 2.05) is 67.6 Å². The number of pyridine rings is 1. The van der Waals surface area contributed by atoms with E-state index in [0.717, 1.165) is 27.6 Å². The van der Waals surface area contributed by atoms with Gasteiger partial charge in [-0.15, -0.1) is 0 Å². The molecule has 6 heteroatoms. The zero-order chi connectivity index (χ0) is 19.1. The summed E-state index contributed by atoms with van der Waals surface area (Å²) in [6.45, 7) is 1.85. The second kappa shape index (κ2) is 6.35. The van der Waals surface area contributed by atoms with Crippen molar-refractivity contribution in [3.63, 3.8) is 0 Å². The molecule has 0 bridgehead atoms. The molecule has 0 radical (unpaired) electrons. The Labute approximate surface area is 160 Å². The lowest BCUT2D eigenvalue weighted by Crippen LogP contribution is -2.13. The number of carbonyl (C=O) groups excluding carboxylic acids is 1. The van der Waals surface area contributed by atoms with Gasteiger partial charge in [-0.2, -0.15) is 5.10 Å². The lowest BCUT2D eigenvalue weighted by Gasteiger charge is -2.06. The molecule has 3 heterocycles. The number of fused-ring (bicyclic) bond motifs is 3. The summed E-state index contributed by atoms with van der Waals surface area (Å²) in [5, 5.41) is 9.31. The summed E-state index contributed by atoms with van der Waals surface area (Å²) in [6.07, 6.45) is 3.25. The smallest absolute Gasteiger partial charge is 0.259 e. The quantitative estimate of drug-likeness (QED) is 0.500. The zero-order valence-electron chi connectivity index (χ0n) is 15.1. The molecule has 0 saturated carbocycles. The van der Waals surface area contributed by atoms with E-state index >= 15 is 0 Å². The molecule has 28 heavy (non-hydrogen) atoms. The van der Waals surface area contributed by atoms with Gasteiger partial charge in [0.05, 0.1) is 17.5 Å². The lowest BCUT2D eigenvalue weighted by molar-refractivity contribution is 0.102. The summed E-state index contributed by atoms with van der Waals surface area (Å²) >= 11 is 0. The van der Waals surface area contributed by atoms with E-state index in [4.69, 9.17) is 4.42 Å². The van der Waals surface area contributed by atoms with Crippen LogP contribution in [0.15, 0.2) is 77.5 Å². The number of nitrogens with zero attached hydrogens (tertiary/aromatic N) is 3. The van der Waals surface area contributed by atoms with Crippen molar-refractivity contribution in [2.24, 2.45) is 0 Å². The predicted molar refractivity (Wildman–Crippen MR) is 108 cm³/mol. The summed E-state index contributed by atoms with van der Waals surface area (Å²) < 4.78 is 7.54. The van der Waals surface area contributed by atoms with Crippen LogP contribution in [0.5, 0.6) is 0 Å². The minimum Gasteiger partial charge on any atom is -0.456 e. The highest BCUT2D eigenvalue weighted by atomic mass is 16.3. The average molecular weight is 368 g/mol. The van der Waals surface area contributed by atoms with Gasteiger partial charge in [0.15, 0.2) is 5.82 Å². The molecule has 3 aromatic heterocycles. The molecule has 0 saturated heterocycles. The van der Waals surface area contributed by atoms with Gasteiger partial charge in [-0.1, -0.05) is 24.3 Å². The Morgan fingerprint density at radius 3 is 2.68 bits per heavy atom. The number of nitrogens with one attached hydrogen (secondary N) is 1. The molecular formula is C22H16N4O2. The Kier molecular flexibility index (Phi) is 3.69. The second-order valence-corrected chi connectivity index (χ2v) is 6.51. The van der Waals surface area contributed by atoms with E-state index in [2.05, 4.69) is 15.4 Å². The van der Waals surface area contributed by atoms with E-state index in [-0.39, 0.29) is 5.91 Å². The predicted octanol–water partition coefficient (Wildman–Crippen LogP) is 4.73. The number of para-hydroxylation sites is 1. The first-order valence-corrected chi connectivity index (χ1v) is 8.89. The third-order valence-corrected chi connectivity index (χ3v) is 4.76. The summed E-state index contributed by atoms with van der Waals surface area (Å²) in [6, 6.07) is 19.1. The van der Waals surface area contributed by atoms with Crippen LogP contribution in [0.1, 0.15) is 16.1 Å². The van der Waals surface area contributed by atoms with Gasteiger partial charge in [-0.25, -0.2) is 9.67 Å². The Morgan fingerprint density at radius 1 is 1.00 bits per heavy atom. The normalized spacial score (nSPS) is 11.2. The van der Waals surface area contributed by atoms with Crippen LogP contribution in [0, 0.1) is 6.92 Å². The molecule has 0 spiro atoms. The fourth-order valence-corrected chi connectivity index (χ4v) is 3.34. The van der Waals surface area contributed by atoms with Crippen LogP contribution < -0.4 is 5.32 Å². The number of anilines is 1. The molecule has 6 nitrogen and oxygen atoms in total. The first-order valence-electron chi connectivity index (χ1n) is 8.89. The van der Waals surface area contributed by atoms with Crippen LogP contribution in [-0.2, 0) is 0 Å². The molecule has 2 aromatic carbocycles. The molecule has 0 unspecified atom stereocenters. The minimum atomic E-state index is -0.227. The second-order valence-electron chi connectivity index (χ2n) is 6.51. The van der Waals surface area contributed by atoms with Crippen molar-refractivity contribution in [1.82, 2.24) is 14.8 Å². The number of carbonyl (C=O) groups is 1. The van der Waals surface area contributed by atoms with Crippen molar-refractivity contribution in [3.05, 3.63) is 84.3 Å². The third-order valence-electron chi connectivity index (χ3n) is 4.76. The van der Waals surface area contributed by atoms with E-state index in [0.29, 0.717) is 17.1 Å². The highest BCUT2D eigenvalue weighted by Crippen LogP contribution is 2.30. The minimum absolute atomic E-state index is 0.227. The first-order chi connectivity index (χ1) is 13.7. The molecule has 1 N–H and O–H groups in total. The molecule has 1 amide bonds. The number of amides is 1. The number of hydrogen-bond donors (Lipinski definition) is 1. The van der Waals surface area contributed by atoms with Gasteiger partial charge in [0.25, 0.3) is 5.91 Å². The number of furan rings is 1. The molecule has 5 rings (SSSR count). The highest BCUT2D eigenvalue weighted by molar-refractivity contribution is 6.08. The fraction of sp³-hybridized carbons (Fsp3) is 0.0455. The Hall–Kier alpha value is -3.93. The van der Waals surface area contributed by atoms with Gasteiger partial charge in [-0.3, -0.25) is 4.79 Å². The van der Waals surface area contributed by atoms with Crippen molar-refractivity contribution in [2.75, 3.05) is 5.32 Å². The topological polar surface area (TPSA) is 73.0 Å². The number of hydrogen-bond acceptors (Lipinski definition) is 4. The maximum Gasteiger partial charge on any atom is 0.259 e. The van der Waals surface area contributed by atoms with Crippen molar-refractivity contribution < 1.29 is 9.21 Å². The van der Waals surface area contributed by atoms with E-state index < -0.39 is 0 Å². The average Bonchev–Trinajstić information content (AvgIpc) is 3.28. The SMILES string of the molecule is Cc1c(C(=O)Nc2ccc3c(c2)oc2ccccc23)cnn1-c1ccccn1. The van der Waals surface area contributed by atoms with Gasteiger partial charge in [-0.05, 0) is 37.3 Å². The Balaban J connectivity index is 1.46. The number of rotatable bonds is 3. The van der Waals surface area contributed by atoms with Crippen LogP contribution in [0.4, 0.5) is 5.69 Å². The van der Waals surface area contributed by atoms with E-state index in [9.17, 15) is 4.79 Å². The largest absolute Gasteiger partial charge is 0.456 e. The third kappa shape index (κ3) is 2.63. The number of aromatic nitrogens is 3. The van der Waals surface area contributed by atoms with Gasteiger partial charge < -0.3 is 9.73 Å². The van der Waals surface area contributed by atoms with Crippen LogP contribution in [0.25, 0.3) is 27.8 Å². The zero-order valence-corrected chi connectivity index (χ0v) is 15.1. The van der Waals surface area contributed by atoms with Crippen LogP contribution >= 0.6 is 0 Å². The molecule has 0 fully saturated rings. The Morgan fingerprint density at radius 2 is 1.82 bits per heavy atom. The van der Waals surface area contributed by atoms with Crippen molar-refractivity contribution in [3.8, 4) is 5.82 Å². The molecule has 0 aliphatic carbocycles. The molecule has 5 aromatic rings. The Bertz CT molecular complexity index is 1320. The molecule has 0 aliphatic rings. The molecule has 136 valence electrons. The summed E-state index contributed by atoms with van der Waals surface area (Å²) in [5.74, 6) is 0.442. The van der Waals surface area contributed by atoms with Crippen LogP contribution in [-0.4, -0.2) is 20.7 Å². The maximum absolute atomic E-state index is 12.8. The molecule has 0 aliphatic heterocycles. The lowest BCUT2D eigenvalue weighted by atomic mass is 10.1. The standard InChI is InChI=1S/C22H16N4O2/c1-14-18(13-24-26(14)21-8-4-5-11-23-21)22(27)25-15-9-10-17-16-6-2-3-7-19(16)28-20(17)12-15/h2-13H,1H3,(H,25,27). The van der Waals surface area contributed by atoms with Crippen molar-refractivity contribution >= 4 is 33.5 Å². The van der Waals surface area contributed by atoms with E-state index in [1.54, 1.807) is 17.1 Å². The number of benzene rings is 2. The van der Waals surface area contributed by atoms with Crippen LogP contribution in [0.2, 0.25) is 0 Å². The van der Waals surface area contributed by atoms with Crippen molar-refractivity contribution in [2.45, 2.75) is 6.92 Å². The molecular weight excluding hydrogens is 352 g/mol. The first kappa shape index (κ1) is 16.3. The van der Waals surface area contributed by atoms with Gasteiger partial charge >= 0.3 is 0 Å².